The number of aromatic nitrogens is 1. The Morgan fingerprint density at radius 1 is 1.54 bits per heavy atom. The van der Waals surface area contributed by atoms with Crippen molar-refractivity contribution in [3.63, 3.8) is 0 Å². The molecule has 0 amide bonds. The van der Waals surface area contributed by atoms with Gasteiger partial charge in [0.25, 0.3) is 0 Å². The second-order valence-electron chi connectivity index (χ2n) is 2.97. The summed E-state index contributed by atoms with van der Waals surface area (Å²) in [4.78, 5) is 4.77. The highest BCUT2D eigenvalue weighted by atomic mass is 16.6. The zero-order chi connectivity index (χ0) is 9.84. The first-order chi connectivity index (χ1) is 6.15. The SMILES string of the molecule is CONC(C)c1ccc(C)[n+]([O-])c1. The molecule has 0 bridgehead atoms. The van der Waals surface area contributed by atoms with Crippen LogP contribution in [0.15, 0.2) is 18.3 Å². The lowest BCUT2D eigenvalue weighted by atomic mass is 10.1. The van der Waals surface area contributed by atoms with E-state index in [9.17, 15) is 5.21 Å². The molecule has 72 valence electrons. The number of aryl methyl sites for hydroxylation is 1. The Morgan fingerprint density at radius 2 is 2.23 bits per heavy atom. The smallest absolute Gasteiger partial charge is 0.189 e. The maximum atomic E-state index is 11.2. The highest BCUT2D eigenvalue weighted by Crippen LogP contribution is 2.09. The predicted octanol–water partition coefficient (Wildman–Crippen LogP) is 0.840. The number of nitrogens with zero attached hydrogens (tertiary/aromatic N) is 1. The summed E-state index contributed by atoms with van der Waals surface area (Å²) in [6, 6.07) is 3.71. The molecule has 1 atom stereocenters. The highest BCUT2D eigenvalue weighted by Gasteiger charge is 2.08. The maximum absolute atomic E-state index is 11.2. The van der Waals surface area contributed by atoms with Crippen LogP contribution in [-0.4, -0.2) is 7.11 Å². The molecular weight excluding hydrogens is 168 g/mol. The van der Waals surface area contributed by atoms with Crippen molar-refractivity contribution >= 4 is 0 Å². The Balaban J connectivity index is 2.84. The van der Waals surface area contributed by atoms with Gasteiger partial charge in [0.15, 0.2) is 11.9 Å². The Hall–Kier alpha value is -1.13. The van der Waals surface area contributed by atoms with Crippen molar-refractivity contribution in [3.8, 4) is 0 Å². The summed E-state index contributed by atoms with van der Waals surface area (Å²) < 4.78 is 0.850. The second-order valence-corrected chi connectivity index (χ2v) is 2.97. The summed E-state index contributed by atoms with van der Waals surface area (Å²) in [5, 5.41) is 11.2. The van der Waals surface area contributed by atoms with Gasteiger partial charge in [-0.1, -0.05) is 0 Å². The van der Waals surface area contributed by atoms with E-state index in [1.54, 1.807) is 26.3 Å². The molecule has 0 aliphatic carbocycles. The molecule has 1 heterocycles. The molecule has 1 rings (SSSR count). The third-order valence-corrected chi connectivity index (χ3v) is 1.93. The van der Waals surface area contributed by atoms with Crippen LogP contribution < -0.4 is 10.2 Å². The lowest BCUT2D eigenvalue weighted by molar-refractivity contribution is -0.612. The fourth-order valence-electron chi connectivity index (χ4n) is 1.07. The largest absolute Gasteiger partial charge is 0.619 e. The minimum atomic E-state index is 0.0193. The van der Waals surface area contributed by atoms with E-state index in [4.69, 9.17) is 4.84 Å². The van der Waals surface area contributed by atoms with Crippen LogP contribution in [0.2, 0.25) is 0 Å². The van der Waals surface area contributed by atoms with Gasteiger partial charge in [-0.3, -0.25) is 0 Å². The first-order valence-electron chi connectivity index (χ1n) is 4.13. The molecule has 13 heavy (non-hydrogen) atoms. The number of rotatable bonds is 3. The fraction of sp³-hybridized carbons (Fsp3) is 0.444. The quantitative estimate of drug-likeness (QED) is 0.428. The molecule has 0 spiro atoms. The van der Waals surface area contributed by atoms with E-state index in [0.29, 0.717) is 5.69 Å². The minimum Gasteiger partial charge on any atom is -0.619 e. The predicted molar refractivity (Wildman–Crippen MR) is 48.7 cm³/mol. The molecule has 1 unspecified atom stereocenters. The van der Waals surface area contributed by atoms with E-state index in [-0.39, 0.29) is 6.04 Å². The van der Waals surface area contributed by atoms with Crippen LogP contribution in [0.4, 0.5) is 0 Å². The monoisotopic (exact) mass is 182 g/mol. The summed E-state index contributed by atoms with van der Waals surface area (Å²) in [5.74, 6) is 0. The van der Waals surface area contributed by atoms with Crippen LogP contribution in [-0.2, 0) is 4.84 Å². The van der Waals surface area contributed by atoms with Crippen LogP contribution in [0.25, 0.3) is 0 Å². The summed E-state index contributed by atoms with van der Waals surface area (Å²) in [6.45, 7) is 3.69. The molecule has 1 N–H and O–H groups in total. The van der Waals surface area contributed by atoms with Gasteiger partial charge in [-0.15, -0.1) is 0 Å². The lowest BCUT2D eigenvalue weighted by Gasteiger charge is -2.11. The van der Waals surface area contributed by atoms with E-state index in [1.807, 2.05) is 13.0 Å². The van der Waals surface area contributed by atoms with Crippen molar-refractivity contribution in [2.75, 3.05) is 7.11 Å². The Kier molecular flexibility index (Phi) is 3.22. The summed E-state index contributed by atoms with van der Waals surface area (Å²) >= 11 is 0. The number of pyridine rings is 1. The summed E-state index contributed by atoms with van der Waals surface area (Å²) in [6.07, 6.45) is 1.55. The Morgan fingerprint density at radius 3 is 2.77 bits per heavy atom. The molecule has 4 heteroatoms. The number of hydrogen-bond donors (Lipinski definition) is 1. The van der Waals surface area contributed by atoms with Gasteiger partial charge >= 0.3 is 0 Å². The zero-order valence-corrected chi connectivity index (χ0v) is 8.07. The average molecular weight is 182 g/mol. The second kappa shape index (κ2) is 4.20. The molecule has 4 nitrogen and oxygen atoms in total. The van der Waals surface area contributed by atoms with Crippen LogP contribution in [0, 0.1) is 12.1 Å². The molecule has 0 radical (unpaired) electrons. The average Bonchev–Trinajstić information content (AvgIpc) is 2.10. The van der Waals surface area contributed by atoms with E-state index < -0.39 is 0 Å². The van der Waals surface area contributed by atoms with Gasteiger partial charge in [0.1, 0.15) is 0 Å². The number of nitrogens with one attached hydrogen (secondary N) is 1. The van der Waals surface area contributed by atoms with E-state index in [1.165, 1.54) is 0 Å². The molecule has 0 saturated heterocycles. The Labute approximate surface area is 77.7 Å². The molecule has 0 aromatic carbocycles. The molecule has 0 fully saturated rings. The minimum absolute atomic E-state index is 0.0193. The normalized spacial score (nSPS) is 12.8. The maximum Gasteiger partial charge on any atom is 0.189 e. The van der Waals surface area contributed by atoms with Gasteiger partial charge in [-0.25, -0.2) is 0 Å². The van der Waals surface area contributed by atoms with Crippen molar-refractivity contribution in [2.45, 2.75) is 19.9 Å². The molecule has 0 saturated carbocycles. The van der Waals surface area contributed by atoms with Crippen LogP contribution >= 0.6 is 0 Å². The van der Waals surface area contributed by atoms with Crippen LogP contribution in [0.1, 0.15) is 24.2 Å². The van der Waals surface area contributed by atoms with Crippen molar-refractivity contribution in [1.82, 2.24) is 5.48 Å². The van der Waals surface area contributed by atoms with Gasteiger partial charge < -0.3 is 10.0 Å². The lowest BCUT2D eigenvalue weighted by Crippen LogP contribution is -2.31. The first kappa shape index (κ1) is 9.95. The van der Waals surface area contributed by atoms with E-state index in [2.05, 4.69) is 5.48 Å². The topological polar surface area (TPSA) is 48.2 Å². The van der Waals surface area contributed by atoms with E-state index >= 15 is 0 Å². The van der Waals surface area contributed by atoms with Gasteiger partial charge in [0, 0.05) is 18.6 Å². The van der Waals surface area contributed by atoms with Crippen molar-refractivity contribution in [1.29, 1.82) is 0 Å². The molecule has 0 aliphatic heterocycles. The van der Waals surface area contributed by atoms with Crippen molar-refractivity contribution < 1.29 is 9.57 Å². The molecule has 1 aromatic heterocycles. The summed E-state index contributed by atoms with van der Waals surface area (Å²) in [7, 11) is 1.55. The molecule has 0 aliphatic rings. The third kappa shape index (κ3) is 2.40. The number of hydroxylamine groups is 1. The van der Waals surface area contributed by atoms with Crippen LogP contribution in [0.5, 0.6) is 0 Å². The van der Waals surface area contributed by atoms with Gasteiger partial charge in [-0.05, 0) is 13.0 Å². The fourth-order valence-corrected chi connectivity index (χ4v) is 1.07. The van der Waals surface area contributed by atoms with Gasteiger partial charge in [0.05, 0.1) is 13.2 Å². The summed E-state index contributed by atoms with van der Waals surface area (Å²) in [5.41, 5.74) is 4.35. The van der Waals surface area contributed by atoms with E-state index in [0.717, 1.165) is 10.3 Å². The van der Waals surface area contributed by atoms with Crippen molar-refractivity contribution in [3.05, 3.63) is 34.8 Å². The van der Waals surface area contributed by atoms with Crippen molar-refractivity contribution in [2.24, 2.45) is 0 Å². The Bertz CT molecular complexity index is 289. The molecule has 1 aromatic rings. The standard InChI is InChI=1S/C9H14N2O2/c1-7-4-5-9(6-11(7)12)8(2)10-13-3/h4-6,8,10H,1-3H3. The third-order valence-electron chi connectivity index (χ3n) is 1.93. The van der Waals surface area contributed by atoms with Crippen LogP contribution in [0.3, 0.4) is 0 Å². The van der Waals surface area contributed by atoms with Gasteiger partial charge in [0.2, 0.25) is 0 Å². The zero-order valence-electron chi connectivity index (χ0n) is 8.07. The molecular formula is C9H14N2O2. The highest BCUT2D eigenvalue weighted by molar-refractivity contribution is 5.12. The first-order valence-corrected chi connectivity index (χ1v) is 4.13. The van der Waals surface area contributed by atoms with Gasteiger partial charge in [-0.2, -0.15) is 10.2 Å². The number of hydrogen-bond acceptors (Lipinski definition) is 3.